The van der Waals surface area contributed by atoms with Gasteiger partial charge in [-0.2, -0.15) is 0 Å². The predicted molar refractivity (Wildman–Crippen MR) is 180 cm³/mol. The monoisotopic (exact) mass is 695 g/mol. The van der Waals surface area contributed by atoms with Crippen LogP contribution in [0, 0.1) is 11.3 Å². The van der Waals surface area contributed by atoms with Gasteiger partial charge in [-0.3, -0.25) is 4.98 Å². The molecule has 3 aromatic heterocycles. The lowest BCUT2D eigenvalue weighted by Crippen LogP contribution is -2.32. The molecule has 0 spiro atoms. The number of nitrogens with zero attached hydrogens (tertiary/aromatic N) is 3. The molecule has 2 saturated carbocycles. The van der Waals surface area contributed by atoms with Crippen molar-refractivity contribution < 1.29 is 33.4 Å². The van der Waals surface area contributed by atoms with Crippen molar-refractivity contribution in [1.29, 1.82) is 0 Å². The highest BCUT2D eigenvalue weighted by molar-refractivity contribution is 6.38. The van der Waals surface area contributed by atoms with Crippen molar-refractivity contribution in [3.8, 4) is 22.8 Å². The van der Waals surface area contributed by atoms with E-state index in [-0.39, 0.29) is 11.1 Å². The Morgan fingerprint density at radius 1 is 1.04 bits per heavy atom. The normalized spacial score (nSPS) is 17.7. The highest BCUT2D eigenvalue weighted by atomic mass is 35.5. The van der Waals surface area contributed by atoms with Crippen molar-refractivity contribution in [3.63, 3.8) is 0 Å². The van der Waals surface area contributed by atoms with Crippen molar-refractivity contribution in [2.75, 3.05) is 33.0 Å². The van der Waals surface area contributed by atoms with Gasteiger partial charge in [-0.15, -0.1) is 0 Å². The fourth-order valence-corrected chi connectivity index (χ4v) is 7.31. The van der Waals surface area contributed by atoms with Crippen molar-refractivity contribution in [2.24, 2.45) is 11.3 Å². The minimum atomic E-state index is -1.09. The highest BCUT2D eigenvalue weighted by Crippen LogP contribution is 2.46. The summed E-state index contributed by atoms with van der Waals surface area (Å²) >= 11 is 12.9. The second-order valence-electron chi connectivity index (χ2n) is 13.3. The lowest BCUT2D eigenvalue weighted by Gasteiger charge is -2.37. The van der Waals surface area contributed by atoms with Crippen LogP contribution in [0.25, 0.3) is 22.2 Å². The molecule has 0 bridgehead atoms. The molecule has 0 unspecified atom stereocenters. The molecule has 3 aliphatic rings. The second-order valence-corrected chi connectivity index (χ2v) is 14.2. The first kappa shape index (κ1) is 33.1. The first-order valence-corrected chi connectivity index (χ1v) is 17.5. The summed E-state index contributed by atoms with van der Waals surface area (Å²) in [6, 6.07) is 7.07. The topological polar surface area (TPSA) is 126 Å². The van der Waals surface area contributed by atoms with Gasteiger partial charge < -0.3 is 28.6 Å². The van der Waals surface area contributed by atoms with Gasteiger partial charge in [0.2, 0.25) is 0 Å². The Labute approximate surface area is 289 Å². The third-order valence-corrected chi connectivity index (χ3v) is 10.3. The number of aromatic carboxylic acids is 1. The maximum atomic E-state index is 11.7. The Hall–Kier alpha value is -3.44. The van der Waals surface area contributed by atoms with Gasteiger partial charge in [0.25, 0.3) is 0 Å². The summed E-state index contributed by atoms with van der Waals surface area (Å²) in [5.41, 5.74) is 2.72. The number of halogens is 2. The molecule has 1 aliphatic heterocycles. The van der Waals surface area contributed by atoms with Crippen LogP contribution in [0.15, 0.2) is 41.2 Å². The van der Waals surface area contributed by atoms with Gasteiger partial charge in [0.05, 0.1) is 48.6 Å². The molecule has 0 radical (unpaired) electrons. The van der Waals surface area contributed by atoms with Crippen molar-refractivity contribution in [2.45, 2.75) is 70.3 Å². The average Bonchev–Trinajstić information content (AvgIpc) is 3.83. The Bertz CT molecular complexity index is 1750. The maximum absolute atomic E-state index is 11.7. The molecular formula is C36H39Cl2N3O7. The lowest BCUT2D eigenvalue weighted by molar-refractivity contribution is -0.0506. The smallest absolute Gasteiger partial charge is 0.354 e. The van der Waals surface area contributed by atoms with E-state index < -0.39 is 5.97 Å². The lowest BCUT2D eigenvalue weighted by atomic mass is 9.72. The molecule has 1 N–H and O–H groups in total. The molecule has 4 aromatic rings. The molecule has 0 amide bonds. The van der Waals surface area contributed by atoms with E-state index in [0.29, 0.717) is 89.8 Å². The van der Waals surface area contributed by atoms with Crippen LogP contribution in [0.4, 0.5) is 0 Å². The summed E-state index contributed by atoms with van der Waals surface area (Å²) in [7, 11) is 0. The summed E-state index contributed by atoms with van der Waals surface area (Å²) in [5.74, 6) is 1.64. The zero-order valence-electron chi connectivity index (χ0n) is 26.7. The Morgan fingerprint density at radius 2 is 1.83 bits per heavy atom. The number of pyridine rings is 2. The molecule has 1 aromatic carbocycles. The molecule has 4 heterocycles. The summed E-state index contributed by atoms with van der Waals surface area (Å²) in [6.45, 7) is 3.31. The van der Waals surface area contributed by atoms with E-state index in [4.69, 9.17) is 46.7 Å². The molecule has 0 atom stereocenters. The molecule has 48 heavy (non-hydrogen) atoms. The molecule has 10 nitrogen and oxygen atoms in total. The quantitative estimate of drug-likeness (QED) is 0.121. The zero-order valence-corrected chi connectivity index (χ0v) is 28.2. The van der Waals surface area contributed by atoms with E-state index in [1.807, 2.05) is 12.1 Å². The van der Waals surface area contributed by atoms with Crippen molar-refractivity contribution >= 4 is 40.1 Å². The van der Waals surface area contributed by atoms with E-state index in [2.05, 4.69) is 15.1 Å². The zero-order chi connectivity index (χ0) is 33.1. The summed E-state index contributed by atoms with van der Waals surface area (Å²) in [5, 5.41) is 15.5. The molecule has 7 rings (SSSR count). The molecule has 3 fully saturated rings. The average molecular weight is 697 g/mol. The van der Waals surface area contributed by atoms with Gasteiger partial charge in [0, 0.05) is 58.8 Å². The minimum absolute atomic E-state index is 0.0468. The van der Waals surface area contributed by atoms with Crippen LogP contribution in [0.5, 0.6) is 11.5 Å². The van der Waals surface area contributed by atoms with E-state index in [0.717, 1.165) is 55.2 Å². The first-order valence-electron chi connectivity index (χ1n) is 16.8. The standard InChI is InChI=1S/C36H39Cl2N3O7/c37-27-15-39-16-28(38)32(27)33-26(34(48-41-33)23-5-6-23)20-44-12-4-11-36(9-2-1-3-10-36)21-47-24-7-8-29-25(13-24)31(14-30(40-29)35(42)43)46-19-22-17-45-18-22/h7-8,13-16,22-23H,1-6,9-12,17-21H2,(H,42,43). The van der Waals surface area contributed by atoms with Gasteiger partial charge in [-0.1, -0.05) is 47.6 Å². The second kappa shape index (κ2) is 14.6. The Kier molecular flexibility index (Phi) is 10.0. The van der Waals surface area contributed by atoms with E-state index in [9.17, 15) is 9.90 Å². The Morgan fingerprint density at radius 3 is 2.54 bits per heavy atom. The highest BCUT2D eigenvalue weighted by Gasteiger charge is 2.35. The van der Waals surface area contributed by atoms with Gasteiger partial charge in [-0.05, 0) is 56.7 Å². The first-order chi connectivity index (χ1) is 23.4. The third-order valence-electron chi connectivity index (χ3n) is 9.70. The number of ether oxygens (including phenoxy) is 4. The fourth-order valence-electron chi connectivity index (χ4n) is 6.77. The molecule has 1 saturated heterocycles. The van der Waals surface area contributed by atoms with Crippen LogP contribution in [0.3, 0.4) is 0 Å². The number of carboxylic acid groups (broad SMARTS) is 1. The molecular weight excluding hydrogens is 657 g/mol. The number of fused-ring (bicyclic) bond motifs is 1. The number of hydrogen-bond donors (Lipinski definition) is 1. The maximum Gasteiger partial charge on any atom is 0.354 e. The van der Waals surface area contributed by atoms with Gasteiger partial charge in [0.15, 0.2) is 5.69 Å². The van der Waals surface area contributed by atoms with Crippen molar-refractivity contribution in [1.82, 2.24) is 15.1 Å². The number of benzene rings is 1. The van der Waals surface area contributed by atoms with E-state index in [1.165, 1.54) is 25.3 Å². The number of carbonyl (C=O) groups is 1. The van der Waals surface area contributed by atoms with Gasteiger partial charge in [0.1, 0.15) is 23.0 Å². The molecule has 254 valence electrons. The third kappa shape index (κ3) is 7.42. The van der Waals surface area contributed by atoms with Crippen molar-refractivity contribution in [3.05, 3.63) is 63.7 Å². The summed E-state index contributed by atoms with van der Waals surface area (Å²) in [4.78, 5) is 20.1. The number of carboxylic acids is 1. The number of aromatic nitrogens is 3. The molecule has 12 heteroatoms. The van der Waals surface area contributed by atoms with Gasteiger partial charge >= 0.3 is 5.97 Å². The van der Waals surface area contributed by atoms with Gasteiger partial charge in [-0.25, -0.2) is 9.78 Å². The van der Waals surface area contributed by atoms with E-state index >= 15 is 0 Å². The van der Waals surface area contributed by atoms with Crippen LogP contribution in [-0.2, 0) is 16.1 Å². The van der Waals surface area contributed by atoms with E-state index in [1.54, 1.807) is 18.5 Å². The summed E-state index contributed by atoms with van der Waals surface area (Å²) < 4.78 is 29.9. The van der Waals surface area contributed by atoms with Crippen LogP contribution >= 0.6 is 23.2 Å². The summed E-state index contributed by atoms with van der Waals surface area (Å²) in [6.07, 6.45) is 12.9. The van der Waals surface area contributed by atoms with Crippen LogP contribution < -0.4 is 9.47 Å². The SMILES string of the molecule is O=C(O)c1cc(OCC2COC2)c2cc(OCC3(CCCOCc4c(-c5c(Cl)cncc5Cl)noc4C4CC4)CCCCC3)ccc2n1. The minimum Gasteiger partial charge on any atom is -0.493 e. The number of rotatable bonds is 15. The van der Waals surface area contributed by atoms with Crippen LogP contribution in [0.1, 0.15) is 85.5 Å². The fraction of sp³-hybridized carbons (Fsp3) is 0.500. The van der Waals surface area contributed by atoms with Crippen LogP contribution in [-0.4, -0.2) is 59.2 Å². The van der Waals surface area contributed by atoms with Crippen LogP contribution in [0.2, 0.25) is 10.0 Å². The number of hydrogen-bond acceptors (Lipinski definition) is 9. The molecule has 2 aliphatic carbocycles. The largest absolute Gasteiger partial charge is 0.493 e. The Balaban J connectivity index is 0.999. The predicted octanol–water partition coefficient (Wildman–Crippen LogP) is 8.52.